The van der Waals surface area contributed by atoms with Crippen molar-refractivity contribution in [1.29, 1.82) is 0 Å². The van der Waals surface area contributed by atoms with Crippen molar-refractivity contribution in [1.82, 2.24) is 0 Å². The van der Waals surface area contributed by atoms with E-state index in [1.54, 1.807) is 6.92 Å². The molecule has 4 aliphatic carbocycles. The van der Waals surface area contributed by atoms with Crippen LogP contribution >= 0.6 is 0 Å². The molecule has 4 rings (SSSR count). The summed E-state index contributed by atoms with van der Waals surface area (Å²) in [5.74, 6) is -2.50. The Kier molecular flexibility index (Phi) is 23.4. The van der Waals surface area contributed by atoms with Crippen LogP contribution in [-0.4, -0.2) is 76.8 Å². The standard InChI is InChI=1S/C24H42O16S4.4K/c1-14(5-4-10-37-41(25,26)27)17-6-7-18-22-19(13-21(24(17,18)3)40-44(34,35)36)23(2)9-8-16(38-42(28,29)30)11-15(23)12-20(22)39-43(31,32)33;;;;/h14-22H,4-13H2,1-3H3,(H,25,26,27)(H,28,29,30)(H,31,32,33)(H,34,35,36);;;;/q;4*+1/p-4/t14-,15-,16-,17?,18+,19?,20?,21+,22?,23+,24-;;;;/m1..../s1. The molecule has 16 nitrogen and oxygen atoms in total. The molecule has 0 aromatic rings. The van der Waals surface area contributed by atoms with Crippen molar-refractivity contribution in [3.05, 3.63) is 0 Å². The second-order valence-corrected chi connectivity index (χ2v) is 17.4. The average Bonchev–Trinajstić information content (AvgIpc) is 3.18. The van der Waals surface area contributed by atoms with Gasteiger partial charge in [0.1, 0.15) is 0 Å². The molecule has 0 spiro atoms. The molecule has 4 fully saturated rings. The smallest absolute Gasteiger partial charge is 0.726 e. The zero-order chi connectivity index (χ0) is 33.1. The average molecular weight is 867 g/mol. The predicted molar refractivity (Wildman–Crippen MR) is 144 cm³/mol. The van der Waals surface area contributed by atoms with Crippen molar-refractivity contribution in [2.75, 3.05) is 6.61 Å². The predicted octanol–water partition coefficient (Wildman–Crippen LogP) is -10.7. The molecule has 24 heteroatoms. The first kappa shape index (κ1) is 54.0. The summed E-state index contributed by atoms with van der Waals surface area (Å²) < 4.78 is 158. The van der Waals surface area contributed by atoms with Gasteiger partial charge in [-0.05, 0) is 98.7 Å². The van der Waals surface area contributed by atoms with E-state index in [2.05, 4.69) is 4.18 Å². The van der Waals surface area contributed by atoms with E-state index in [0.29, 0.717) is 25.7 Å². The summed E-state index contributed by atoms with van der Waals surface area (Å²) in [4.78, 5) is 0. The first-order valence-electron chi connectivity index (χ1n) is 14.5. The maximum absolute atomic E-state index is 12.0. The Morgan fingerprint density at radius 2 is 1.27 bits per heavy atom. The molecule has 0 heterocycles. The van der Waals surface area contributed by atoms with Crippen molar-refractivity contribution < 1.29 is 274 Å². The zero-order valence-corrected chi connectivity index (χ0v) is 44.2. The van der Waals surface area contributed by atoms with Crippen LogP contribution in [0.15, 0.2) is 0 Å². The minimum absolute atomic E-state index is 0. The molecule has 4 unspecified atom stereocenters. The quantitative estimate of drug-likeness (QED) is 0.0763. The molecule has 48 heavy (non-hydrogen) atoms. The van der Waals surface area contributed by atoms with Crippen LogP contribution in [0.3, 0.4) is 0 Å². The second kappa shape index (κ2) is 20.8. The van der Waals surface area contributed by atoms with E-state index in [4.69, 9.17) is 12.5 Å². The number of hydrogen-bond donors (Lipinski definition) is 0. The Hall–Kier alpha value is 6.03. The van der Waals surface area contributed by atoms with Crippen LogP contribution in [0.1, 0.15) is 78.6 Å². The van der Waals surface area contributed by atoms with Gasteiger partial charge < -0.3 is 18.2 Å². The minimum atomic E-state index is -5.22. The minimum Gasteiger partial charge on any atom is -0.726 e. The number of hydrogen-bond acceptors (Lipinski definition) is 16. The van der Waals surface area contributed by atoms with Gasteiger partial charge in [0, 0.05) is 5.41 Å². The van der Waals surface area contributed by atoms with Gasteiger partial charge in [0.2, 0.25) is 41.6 Å². The first-order chi connectivity index (χ1) is 19.9. The van der Waals surface area contributed by atoms with E-state index < -0.39 is 94.4 Å². The topological polar surface area (TPSA) is 266 Å². The van der Waals surface area contributed by atoms with Gasteiger partial charge in [0.05, 0.1) is 24.9 Å². The summed E-state index contributed by atoms with van der Waals surface area (Å²) in [6.07, 6.45) is -1.13. The Morgan fingerprint density at radius 3 is 1.79 bits per heavy atom. The van der Waals surface area contributed by atoms with Gasteiger partial charge in [-0.25, -0.2) is 33.7 Å². The molecule has 0 aliphatic heterocycles. The fourth-order valence-electron chi connectivity index (χ4n) is 9.62. The molecule has 0 saturated heterocycles. The molecule has 0 aromatic heterocycles. The van der Waals surface area contributed by atoms with Crippen molar-refractivity contribution in [3.8, 4) is 0 Å². The van der Waals surface area contributed by atoms with Gasteiger partial charge >= 0.3 is 206 Å². The van der Waals surface area contributed by atoms with Crippen LogP contribution in [0.2, 0.25) is 0 Å². The van der Waals surface area contributed by atoms with Crippen LogP contribution in [-0.2, 0) is 58.3 Å². The largest absolute Gasteiger partial charge is 1.00 e. The van der Waals surface area contributed by atoms with Gasteiger partial charge in [-0.2, -0.15) is 0 Å². The van der Waals surface area contributed by atoms with Crippen molar-refractivity contribution >= 4 is 41.6 Å². The third kappa shape index (κ3) is 14.1. The fraction of sp³-hybridized carbons (Fsp3) is 1.00. The molecule has 0 N–H and O–H groups in total. The molecular formula is C24H38K4O16S4. The maximum atomic E-state index is 12.0. The SMILES string of the molecule is C[C@H](CCCOS(=O)(=O)[O-])C1CC[C@H]2C3C(OS(=O)(=O)[O-])C[C@H]4C[C@H](OS(=O)(=O)[O-])CC[C@]4(C)C3C[C@H](OS(=O)(=O)[O-])[C@]12C.[K+].[K+].[K+].[K+]. The monoisotopic (exact) mass is 866 g/mol. The Morgan fingerprint density at radius 1 is 0.708 bits per heavy atom. The van der Waals surface area contributed by atoms with E-state index in [-0.39, 0.29) is 256 Å². The van der Waals surface area contributed by atoms with Crippen LogP contribution in [0.4, 0.5) is 0 Å². The van der Waals surface area contributed by atoms with E-state index in [0.717, 1.165) is 0 Å². The third-order valence-corrected chi connectivity index (χ3v) is 13.1. The third-order valence-electron chi connectivity index (χ3n) is 11.2. The van der Waals surface area contributed by atoms with Gasteiger partial charge in [-0.3, -0.25) is 16.7 Å². The Balaban J connectivity index is 0.00000552. The molecule has 0 aromatic carbocycles. The second-order valence-electron chi connectivity index (χ2n) is 13.3. The Bertz CT molecular complexity index is 1520. The molecular weight excluding hydrogens is 829 g/mol. The summed E-state index contributed by atoms with van der Waals surface area (Å²) in [6.45, 7) is 5.19. The van der Waals surface area contributed by atoms with Crippen LogP contribution in [0, 0.1) is 46.3 Å². The van der Waals surface area contributed by atoms with Crippen LogP contribution < -0.4 is 206 Å². The van der Waals surface area contributed by atoms with Gasteiger partial charge in [-0.15, -0.1) is 0 Å². The van der Waals surface area contributed by atoms with E-state index in [9.17, 15) is 51.9 Å². The van der Waals surface area contributed by atoms with Gasteiger partial charge in [-0.1, -0.05) is 20.8 Å². The van der Waals surface area contributed by atoms with Gasteiger partial charge in [0.15, 0.2) is 0 Å². The van der Waals surface area contributed by atoms with Crippen molar-refractivity contribution in [3.63, 3.8) is 0 Å². The summed E-state index contributed by atoms with van der Waals surface area (Å²) in [5.41, 5.74) is -1.68. The maximum Gasteiger partial charge on any atom is 1.00 e. The summed E-state index contributed by atoms with van der Waals surface area (Å²) in [5, 5.41) is 0. The molecule has 0 radical (unpaired) electrons. The molecule has 0 bridgehead atoms. The van der Waals surface area contributed by atoms with E-state index >= 15 is 0 Å². The normalized spacial score (nSPS) is 37.1. The van der Waals surface area contributed by atoms with Gasteiger partial charge in [0.25, 0.3) is 0 Å². The van der Waals surface area contributed by atoms with Crippen molar-refractivity contribution in [2.24, 2.45) is 46.3 Å². The molecule has 258 valence electrons. The summed E-state index contributed by atoms with van der Waals surface area (Å²) in [7, 11) is -20.3. The van der Waals surface area contributed by atoms with Crippen LogP contribution in [0.25, 0.3) is 0 Å². The summed E-state index contributed by atoms with van der Waals surface area (Å²) in [6, 6.07) is 0. The molecule has 4 aliphatic rings. The number of fused-ring (bicyclic) bond motifs is 5. The zero-order valence-electron chi connectivity index (χ0n) is 28.4. The van der Waals surface area contributed by atoms with Crippen molar-refractivity contribution in [2.45, 2.75) is 96.9 Å². The van der Waals surface area contributed by atoms with E-state index in [1.165, 1.54) is 0 Å². The Labute approximate surface area is 455 Å². The van der Waals surface area contributed by atoms with E-state index in [1.807, 2.05) is 13.8 Å². The molecule has 11 atom stereocenters. The summed E-state index contributed by atoms with van der Waals surface area (Å²) >= 11 is 0. The molecule has 4 saturated carbocycles. The molecule has 0 amide bonds. The first-order valence-corrected chi connectivity index (χ1v) is 19.8. The van der Waals surface area contributed by atoms with Crippen LogP contribution in [0.5, 0.6) is 0 Å². The number of rotatable bonds is 12. The fourth-order valence-corrected chi connectivity index (χ4v) is 11.5.